The van der Waals surface area contributed by atoms with Crippen molar-refractivity contribution in [3.63, 3.8) is 0 Å². The molecule has 0 radical (unpaired) electrons. The molecule has 0 saturated heterocycles. The maximum Gasteiger partial charge on any atom is 0.230 e. The maximum absolute atomic E-state index is 12.4. The molecule has 0 unspecified atom stereocenters. The fourth-order valence-corrected chi connectivity index (χ4v) is 4.53. The van der Waals surface area contributed by atoms with Gasteiger partial charge in [0.05, 0.1) is 6.42 Å². The number of amides is 1. The number of carbonyl (C=O) groups is 1. The van der Waals surface area contributed by atoms with Crippen LogP contribution >= 0.6 is 11.3 Å². The number of anilines is 2. The Labute approximate surface area is 159 Å². The van der Waals surface area contributed by atoms with E-state index in [9.17, 15) is 4.79 Å². The van der Waals surface area contributed by atoms with Crippen molar-refractivity contribution in [1.29, 1.82) is 0 Å². The molecule has 0 atom stereocenters. The molecular formula is C20H28N4OS. The minimum Gasteiger partial charge on any atom is -0.372 e. The number of hydrogen-bond acceptors (Lipinski definition) is 5. The van der Waals surface area contributed by atoms with E-state index in [-0.39, 0.29) is 5.91 Å². The minimum atomic E-state index is -0.0342. The zero-order chi connectivity index (χ0) is 18.4. The molecule has 3 rings (SSSR count). The average Bonchev–Trinajstić information content (AvgIpc) is 3.12. The molecule has 26 heavy (non-hydrogen) atoms. The van der Waals surface area contributed by atoms with Crippen molar-refractivity contribution < 1.29 is 4.79 Å². The molecule has 2 aromatic rings. The maximum atomic E-state index is 12.4. The van der Waals surface area contributed by atoms with Crippen LogP contribution in [-0.4, -0.2) is 29.2 Å². The van der Waals surface area contributed by atoms with Crippen LogP contribution < -0.4 is 10.2 Å². The first-order valence-corrected chi connectivity index (χ1v) is 10.5. The summed E-state index contributed by atoms with van der Waals surface area (Å²) >= 11 is 1.53. The number of nitrogens with one attached hydrogen (secondary N) is 1. The Morgan fingerprint density at radius 1 is 1.19 bits per heavy atom. The Balaban J connectivity index is 1.59. The Kier molecular flexibility index (Phi) is 6.61. The van der Waals surface area contributed by atoms with Crippen LogP contribution in [0.5, 0.6) is 0 Å². The fourth-order valence-electron chi connectivity index (χ4n) is 3.60. The highest BCUT2D eigenvalue weighted by molar-refractivity contribution is 7.15. The van der Waals surface area contributed by atoms with Crippen molar-refractivity contribution >= 4 is 28.1 Å². The van der Waals surface area contributed by atoms with Gasteiger partial charge in [-0.2, -0.15) is 0 Å². The molecule has 1 saturated carbocycles. The highest BCUT2D eigenvalue weighted by Gasteiger charge is 2.20. The van der Waals surface area contributed by atoms with Crippen LogP contribution in [-0.2, 0) is 11.2 Å². The van der Waals surface area contributed by atoms with Gasteiger partial charge in [-0.25, -0.2) is 0 Å². The van der Waals surface area contributed by atoms with E-state index in [4.69, 9.17) is 0 Å². The molecule has 5 nitrogen and oxygen atoms in total. The largest absolute Gasteiger partial charge is 0.372 e. The number of hydrogen-bond donors (Lipinski definition) is 1. The molecule has 1 amide bonds. The van der Waals surface area contributed by atoms with Crippen molar-refractivity contribution in [2.24, 2.45) is 0 Å². The molecule has 0 aliphatic heterocycles. The van der Waals surface area contributed by atoms with E-state index in [1.165, 1.54) is 43.4 Å². The Morgan fingerprint density at radius 2 is 1.96 bits per heavy atom. The summed E-state index contributed by atoms with van der Waals surface area (Å²) in [5, 5.41) is 13.1. The van der Waals surface area contributed by atoms with Gasteiger partial charge in [-0.1, -0.05) is 42.7 Å². The first-order chi connectivity index (χ1) is 12.7. The van der Waals surface area contributed by atoms with Gasteiger partial charge in [0.2, 0.25) is 11.0 Å². The van der Waals surface area contributed by atoms with E-state index < -0.39 is 0 Å². The summed E-state index contributed by atoms with van der Waals surface area (Å²) in [4.78, 5) is 14.7. The topological polar surface area (TPSA) is 58.1 Å². The third-order valence-corrected chi connectivity index (χ3v) is 6.05. The highest BCUT2D eigenvalue weighted by Crippen LogP contribution is 2.35. The van der Waals surface area contributed by atoms with Crippen molar-refractivity contribution in [2.75, 3.05) is 23.3 Å². The number of carbonyl (C=O) groups excluding carboxylic acids is 1. The SMILES string of the molecule is CCN(CC)c1cccc(CC(=O)Nc2nnc(C3CCCCC3)s2)c1. The van der Waals surface area contributed by atoms with Gasteiger partial charge in [0.1, 0.15) is 5.01 Å². The highest BCUT2D eigenvalue weighted by atomic mass is 32.1. The Hall–Kier alpha value is -1.95. The van der Waals surface area contributed by atoms with Crippen LogP contribution in [0.1, 0.15) is 62.4 Å². The molecule has 0 spiro atoms. The van der Waals surface area contributed by atoms with E-state index in [2.05, 4.69) is 46.4 Å². The van der Waals surface area contributed by atoms with Crippen molar-refractivity contribution in [3.8, 4) is 0 Å². The first kappa shape index (κ1) is 18.8. The van der Waals surface area contributed by atoms with Gasteiger partial charge in [-0.05, 0) is 44.4 Å². The second-order valence-corrected chi connectivity index (χ2v) is 7.86. The van der Waals surface area contributed by atoms with E-state index >= 15 is 0 Å². The van der Waals surface area contributed by atoms with Gasteiger partial charge >= 0.3 is 0 Å². The summed E-state index contributed by atoms with van der Waals surface area (Å²) in [6.07, 6.45) is 6.62. The second-order valence-electron chi connectivity index (χ2n) is 6.85. The quantitative estimate of drug-likeness (QED) is 0.771. The summed E-state index contributed by atoms with van der Waals surface area (Å²) in [7, 11) is 0. The fraction of sp³-hybridized carbons (Fsp3) is 0.550. The monoisotopic (exact) mass is 372 g/mol. The van der Waals surface area contributed by atoms with Gasteiger partial charge in [0.25, 0.3) is 0 Å². The number of rotatable bonds is 7. The van der Waals surface area contributed by atoms with E-state index in [1.54, 1.807) is 0 Å². The summed E-state index contributed by atoms with van der Waals surface area (Å²) in [5.41, 5.74) is 2.18. The molecule has 1 fully saturated rings. The number of nitrogens with zero attached hydrogens (tertiary/aromatic N) is 3. The normalized spacial score (nSPS) is 15.0. The molecule has 1 heterocycles. The molecule has 1 aromatic heterocycles. The molecule has 6 heteroatoms. The van der Waals surface area contributed by atoms with E-state index in [0.29, 0.717) is 17.5 Å². The Morgan fingerprint density at radius 3 is 2.69 bits per heavy atom. The van der Waals surface area contributed by atoms with Gasteiger partial charge < -0.3 is 10.2 Å². The predicted molar refractivity (Wildman–Crippen MR) is 108 cm³/mol. The first-order valence-electron chi connectivity index (χ1n) is 9.66. The zero-order valence-electron chi connectivity index (χ0n) is 15.7. The summed E-state index contributed by atoms with van der Waals surface area (Å²) in [6.45, 7) is 6.20. The lowest BCUT2D eigenvalue weighted by atomic mass is 9.90. The smallest absolute Gasteiger partial charge is 0.230 e. The van der Waals surface area contributed by atoms with E-state index in [1.807, 2.05) is 12.1 Å². The van der Waals surface area contributed by atoms with Gasteiger partial charge in [0, 0.05) is 24.7 Å². The molecule has 1 aromatic carbocycles. The molecule has 140 valence electrons. The second kappa shape index (κ2) is 9.12. The average molecular weight is 373 g/mol. The van der Waals surface area contributed by atoms with E-state index in [0.717, 1.165) is 29.3 Å². The number of benzene rings is 1. The molecule has 1 aliphatic rings. The lowest BCUT2D eigenvalue weighted by molar-refractivity contribution is -0.115. The predicted octanol–water partition coefficient (Wildman–Crippen LogP) is 4.61. The van der Waals surface area contributed by atoms with Gasteiger partial charge in [-0.15, -0.1) is 10.2 Å². The molecule has 0 bridgehead atoms. The van der Waals surface area contributed by atoms with Crippen LogP contribution in [0.25, 0.3) is 0 Å². The van der Waals surface area contributed by atoms with Crippen molar-refractivity contribution in [2.45, 2.75) is 58.3 Å². The van der Waals surface area contributed by atoms with Crippen LogP contribution in [0.15, 0.2) is 24.3 Å². The summed E-state index contributed by atoms with van der Waals surface area (Å²) in [6, 6.07) is 8.21. The summed E-state index contributed by atoms with van der Waals surface area (Å²) < 4.78 is 0. The Bertz CT molecular complexity index is 720. The molecule has 1 N–H and O–H groups in total. The summed E-state index contributed by atoms with van der Waals surface area (Å²) in [5.74, 6) is 0.491. The molecular weight excluding hydrogens is 344 g/mol. The lowest BCUT2D eigenvalue weighted by Crippen LogP contribution is -2.22. The van der Waals surface area contributed by atoms with Crippen LogP contribution in [0.2, 0.25) is 0 Å². The third-order valence-electron chi connectivity index (χ3n) is 5.05. The van der Waals surface area contributed by atoms with Crippen molar-refractivity contribution in [1.82, 2.24) is 10.2 Å². The minimum absolute atomic E-state index is 0.0342. The van der Waals surface area contributed by atoms with Gasteiger partial charge in [-0.3, -0.25) is 4.79 Å². The third kappa shape index (κ3) is 4.81. The van der Waals surface area contributed by atoms with Crippen LogP contribution in [0.3, 0.4) is 0 Å². The number of aromatic nitrogens is 2. The standard InChI is InChI=1S/C20H28N4OS/c1-3-24(4-2)17-12-8-9-15(13-17)14-18(25)21-20-23-22-19(26-20)16-10-6-5-7-11-16/h8-9,12-13,16H,3-7,10-11,14H2,1-2H3,(H,21,23,25). The van der Waals surface area contributed by atoms with Crippen LogP contribution in [0, 0.1) is 0 Å². The van der Waals surface area contributed by atoms with Crippen LogP contribution in [0.4, 0.5) is 10.8 Å². The lowest BCUT2D eigenvalue weighted by Gasteiger charge is -2.21. The molecule has 1 aliphatic carbocycles. The zero-order valence-corrected chi connectivity index (χ0v) is 16.5. The van der Waals surface area contributed by atoms with Gasteiger partial charge in [0.15, 0.2) is 0 Å². The van der Waals surface area contributed by atoms with Crippen molar-refractivity contribution in [3.05, 3.63) is 34.8 Å².